The van der Waals surface area contributed by atoms with E-state index in [0.29, 0.717) is 5.69 Å². The molecule has 28 heavy (non-hydrogen) atoms. The number of rotatable bonds is 3. The first-order valence-corrected chi connectivity index (χ1v) is 9.15. The van der Waals surface area contributed by atoms with Gasteiger partial charge in [0.05, 0.1) is 16.7 Å². The van der Waals surface area contributed by atoms with Crippen molar-refractivity contribution in [3.05, 3.63) is 91.0 Å². The summed E-state index contributed by atoms with van der Waals surface area (Å²) in [6.07, 6.45) is 0. The molecule has 0 aliphatic carbocycles. The quantitative estimate of drug-likeness (QED) is 0.279. The molecule has 4 aromatic carbocycles. The van der Waals surface area contributed by atoms with Gasteiger partial charge >= 0.3 is 0 Å². The third-order valence-corrected chi connectivity index (χ3v) is 4.99. The van der Waals surface area contributed by atoms with E-state index < -0.39 is 0 Å². The van der Waals surface area contributed by atoms with Crippen molar-refractivity contribution < 1.29 is 5.11 Å². The van der Waals surface area contributed by atoms with Gasteiger partial charge in [0.15, 0.2) is 0 Å². The molecule has 0 aliphatic rings. The lowest BCUT2D eigenvalue weighted by Crippen LogP contribution is -1.97. The molecule has 0 amide bonds. The Bertz CT molecular complexity index is 1320. The standard InChI is InChI=1S/C24H19N3O/c25-16-12-13-20-19-8-1-3-10-22(19)27(23(20)14-16)18-7-5-6-17(15-18)26-21-9-2-4-11-24(21)28/h1-15,26,28H,25H2. The Kier molecular flexibility index (Phi) is 3.69. The van der Waals surface area contributed by atoms with Gasteiger partial charge in [-0.25, -0.2) is 0 Å². The molecule has 0 aliphatic heterocycles. The summed E-state index contributed by atoms with van der Waals surface area (Å²) in [5.41, 5.74) is 11.6. The van der Waals surface area contributed by atoms with Crippen LogP contribution in [0.4, 0.5) is 17.1 Å². The monoisotopic (exact) mass is 365 g/mol. The van der Waals surface area contributed by atoms with E-state index in [0.717, 1.165) is 28.1 Å². The van der Waals surface area contributed by atoms with Crippen molar-refractivity contribution in [2.75, 3.05) is 11.1 Å². The lowest BCUT2D eigenvalue weighted by atomic mass is 10.1. The first kappa shape index (κ1) is 16.3. The maximum atomic E-state index is 10.1. The molecule has 0 unspecified atom stereocenters. The molecule has 5 aromatic rings. The molecule has 4 nitrogen and oxygen atoms in total. The van der Waals surface area contributed by atoms with Gasteiger partial charge in [-0.15, -0.1) is 0 Å². The number of hydrogen-bond donors (Lipinski definition) is 3. The van der Waals surface area contributed by atoms with Crippen LogP contribution in [0.5, 0.6) is 5.75 Å². The van der Waals surface area contributed by atoms with E-state index in [1.807, 2.05) is 42.5 Å². The number of aromatic nitrogens is 1. The second-order valence-corrected chi connectivity index (χ2v) is 6.82. The molecular weight excluding hydrogens is 346 g/mol. The van der Waals surface area contributed by atoms with Crippen LogP contribution in [0.25, 0.3) is 27.5 Å². The van der Waals surface area contributed by atoms with E-state index in [4.69, 9.17) is 5.73 Å². The molecule has 1 aromatic heterocycles. The molecule has 0 radical (unpaired) electrons. The van der Waals surface area contributed by atoms with Gasteiger partial charge in [-0.05, 0) is 48.5 Å². The van der Waals surface area contributed by atoms with Gasteiger partial charge in [0, 0.05) is 27.8 Å². The summed E-state index contributed by atoms with van der Waals surface area (Å²) in [5.74, 6) is 0.220. The summed E-state index contributed by atoms with van der Waals surface area (Å²) in [4.78, 5) is 0. The average molecular weight is 365 g/mol. The van der Waals surface area contributed by atoms with Crippen molar-refractivity contribution in [3.63, 3.8) is 0 Å². The molecule has 136 valence electrons. The lowest BCUT2D eigenvalue weighted by Gasteiger charge is -2.12. The minimum Gasteiger partial charge on any atom is -0.506 e. The van der Waals surface area contributed by atoms with Gasteiger partial charge in [-0.2, -0.15) is 0 Å². The predicted octanol–water partition coefficient (Wildman–Crippen LogP) is 5.82. The number of hydrogen-bond acceptors (Lipinski definition) is 3. The molecule has 0 atom stereocenters. The number of nitrogens with zero attached hydrogens (tertiary/aromatic N) is 1. The number of aromatic hydroxyl groups is 1. The van der Waals surface area contributed by atoms with E-state index in [1.165, 1.54) is 10.8 Å². The third kappa shape index (κ3) is 2.63. The number of anilines is 3. The zero-order valence-electron chi connectivity index (χ0n) is 15.1. The Morgan fingerprint density at radius 2 is 1.50 bits per heavy atom. The van der Waals surface area contributed by atoms with E-state index in [-0.39, 0.29) is 5.75 Å². The van der Waals surface area contributed by atoms with Gasteiger partial charge in [-0.1, -0.05) is 42.5 Å². The zero-order valence-corrected chi connectivity index (χ0v) is 15.1. The summed E-state index contributed by atoms with van der Waals surface area (Å²) in [5, 5.41) is 15.7. The van der Waals surface area contributed by atoms with Gasteiger partial charge in [0.1, 0.15) is 5.75 Å². The van der Waals surface area contributed by atoms with Crippen LogP contribution in [0, 0.1) is 0 Å². The fourth-order valence-corrected chi connectivity index (χ4v) is 3.72. The number of benzene rings is 4. The Balaban J connectivity index is 1.70. The second-order valence-electron chi connectivity index (χ2n) is 6.82. The minimum atomic E-state index is 0.220. The number of nitrogens with two attached hydrogens (primary N) is 1. The van der Waals surface area contributed by atoms with Crippen LogP contribution in [0.15, 0.2) is 91.0 Å². The molecule has 0 saturated heterocycles. The zero-order chi connectivity index (χ0) is 19.1. The molecule has 1 heterocycles. The summed E-state index contributed by atoms with van der Waals surface area (Å²) in [6, 6.07) is 29.7. The average Bonchev–Trinajstić information content (AvgIpc) is 3.03. The van der Waals surface area contributed by atoms with Crippen LogP contribution in [0.2, 0.25) is 0 Å². The molecule has 0 spiro atoms. The minimum absolute atomic E-state index is 0.220. The normalized spacial score (nSPS) is 11.1. The smallest absolute Gasteiger partial charge is 0.139 e. The van der Waals surface area contributed by atoms with Gasteiger partial charge in [0.25, 0.3) is 0 Å². The first-order valence-electron chi connectivity index (χ1n) is 9.15. The molecule has 0 fully saturated rings. The number of nitrogens with one attached hydrogen (secondary N) is 1. The molecule has 0 bridgehead atoms. The fourth-order valence-electron chi connectivity index (χ4n) is 3.72. The Labute approximate surface area is 162 Å². The van der Waals surface area contributed by atoms with E-state index in [9.17, 15) is 5.11 Å². The van der Waals surface area contributed by atoms with E-state index in [1.54, 1.807) is 12.1 Å². The first-order chi connectivity index (χ1) is 13.7. The molecule has 4 heteroatoms. The summed E-state index contributed by atoms with van der Waals surface area (Å²) in [6.45, 7) is 0. The second kappa shape index (κ2) is 6.35. The molecule has 5 rings (SSSR count). The lowest BCUT2D eigenvalue weighted by molar-refractivity contribution is 0.478. The van der Waals surface area contributed by atoms with Crippen LogP contribution in [0.3, 0.4) is 0 Å². The third-order valence-electron chi connectivity index (χ3n) is 4.99. The Hall–Kier alpha value is -3.92. The van der Waals surface area contributed by atoms with Crippen LogP contribution in [0.1, 0.15) is 0 Å². The van der Waals surface area contributed by atoms with Crippen LogP contribution >= 0.6 is 0 Å². The van der Waals surface area contributed by atoms with Gasteiger partial charge in [-0.3, -0.25) is 0 Å². The van der Waals surface area contributed by atoms with Crippen molar-refractivity contribution >= 4 is 38.9 Å². The molecule has 4 N–H and O–H groups in total. The van der Waals surface area contributed by atoms with Gasteiger partial charge in [0.2, 0.25) is 0 Å². The topological polar surface area (TPSA) is 63.2 Å². The predicted molar refractivity (Wildman–Crippen MR) is 117 cm³/mol. The number of nitrogen functional groups attached to an aromatic ring is 1. The summed E-state index contributed by atoms with van der Waals surface area (Å²) in [7, 11) is 0. The van der Waals surface area contributed by atoms with Crippen LogP contribution in [-0.4, -0.2) is 9.67 Å². The van der Waals surface area contributed by atoms with Gasteiger partial charge < -0.3 is 20.7 Å². The van der Waals surface area contributed by atoms with Crippen molar-refractivity contribution in [1.82, 2.24) is 4.57 Å². The highest BCUT2D eigenvalue weighted by molar-refractivity contribution is 6.10. The molecule has 0 saturated carbocycles. The SMILES string of the molecule is Nc1ccc2c3ccccc3n(-c3cccc(Nc4ccccc4O)c3)c2c1. The fraction of sp³-hybridized carbons (Fsp3) is 0. The van der Waals surface area contributed by atoms with Crippen molar-refractivity contribution in [3.8, 4) is 11.4 Å². The largest absolute Gasteiger partial charge is 0.506 e. The number of para-hydroxylation sites is 3. The number of phenolic OH excluding ortho intramolecular Hbond substituents is 1. The molecular formula is C24H19N3O. The Morgan fingerprint density at radius 3 is 2.39 bits per heavy atom. The van der Waals surface area contributed by atoms with Crippen LogP contribution in [-0.2, 0) is 0 Å². The van der Waals surface area contributed by atoms with E-state index >= 15 is 0 Å². The Morgan fingerprint density at radius 1 is 0.714 bits per heavy atom. The summed E-state index contributed by atoms with van der Waals surface area (Å²) < 4.78 is 2.22. The highest BCUT2D eigenvalue weighted by Gasteiger charge is 2.12. The number of fused-ring (bicyclic) bond motifs is 3. The number of phenols is 1. The maximum Gasteiger partial charge on any atom is 0.139 e. The summed E-state index contributed by atoms with van der Waals surface area (Å²) >= 11 is 0. The highest BCUT2D eigenvalue weighted by Crippen LogP contribution is 2.34. The van der Waals surface area contributed by atoms with Crippen molar-refractivity contribution in [1.29, 1.82) is 0 Å². The maximum absolute atomic E-state index is 10.1. The van der Waals surface area contributed by atoms with Crippen molar-refractivity contribution in [2.24, 2.45) is 0 Å². The van der Waals surface area contributed by atoms with E-state index in [2.05, 4.69) is 46.3 Å². The van der Waals surface area contributed by atoms with Crippen molar-refractivity contribution in [2.45, 2.75) is 0 Å². The highest BCUT2D eigenvalue weighted by atomic mass is 16.3. The van der Waals surface area contributed by atoms with Crippen LogP contribution < -0.4 is 11.1 Å².